The molecule has 2 unspecified atom stereocenters. The molecule has 1 aliphatic carbocycles. The predicted molar refractivity (Wildman–Crippen MR) is 97.0 cm³/mol. The second kappa shape index (κ2) is 7.77. The number of alkyl halides is 1. The van der Waals surface area contributed by atoms with Crippen molar-refractivity contribution in [3.63, 3.8) is 0 Å². The largest absolute Gasteiger partial charge is 0.331 e. The second-order valence-corrected chi connectivity index (χ2v) is 6.99. The van der Waals surface area contributed by atoms with Crippen LogP contribution in [0.4, 0.5) is 5.69 Å². The maximum atomic E-state index is 6.02. The maximum Gasteiger partial charge on any atom is 0.0838 e. The van der Waals surface area contributed by atoms with Gasteiger partial charge in [-0.2, -0.15) is 0 Å². The van der Waals surface area contributed by atoms with Gasteiger partial charge in [0.25, 0.3) is 0 Å². The number of thiocarbonyl (C=S) groups is 1. The Bertz CT molecular complexity index is 476. The zero-order valence-corrected chi connectivity index (χ0v) is 14.9. The van der Waals surface area contributed by atoms with E-state index in [2.05, 4.69) is 23.9 Å². The van der Waals surface area contributed by atoms with Crippen LogP contribution < -0.4 is 4.90 Å². The average molecular weight is 345 g/mol. The van der Waals surface area contributed by atoms with Crippen LogP contribution in [0, 0.1) is 0 Å². The monoisotopic (exact) mass is 344 g/mol. The number of nitrogens with zero attached hydrogens (tertiary/aromatic N) is 2. The van der Waals surface area contributed by atoms with Crippen molar-refractivity contribution in [2.24, 2.45) is 0 Å². The summed E-state index contributed by atoms with van der Waals surface area (Å²) in [5.41, 5.74) is 1.12. The molecule has 2 atom stereocenters. The van der Waals surface area contributed by atoms with Gasteiger partial charge in [-0.3, -0.25) is 0 Å². The second-order valence-electron chi connectivity index (χ2n) is 5.71. The van der Waals surface area contributed by atoms with Crippen LogP contribution in [0.15, 0.2) is 24.3 Å². The molecule has 0 N–H and O–H groups in total. The van der Waals surface area contributed by atoms with Crippen LogP contribution in [-0.4, -0.2) is 41.9 Å². The molecule has 0 aromatic heterocycles. The number of halogens is 2. The van der Waals surface area contributed by atoms with E-state index in [1.165, 1.54) is 12.8 Å². The summed E-state index contributed by atoms with van der Waals surface area (Å²) < 4.78 is 0. The summed E-state index contributed by atoms with van der Waals surface area (Å²) in [5, 5.41) is 0.748. The Morgan fingerprint density at radius 2 is 1.81 bits per heavy atom. The fourth-order valence-electron chi connectivity index (χ4n) is 3.15. The molecule has 1 saturated carbocycles. The first-order valence-electron chi connectivity index (χ1n) is 7.34. The lowest BCUT2D eigenvalue weighted by Crippen LogP contribution is -2.49. The number of hydrogen-bond donors (Lipinski definition) is 0. The quantitative estimate of drug-likeness (QED) is 0.569. The van der Waals surface area contributed by atoms with Crippen molar-refractivity contribution in [2.75, 3.05) is 24.9 Å². The van der Waals surface area contributed by atoms with Gasteiger partial charge < -0.3 is 9.80 Å². The fourth-order valence-corrected chi connectivity index (χ4v) is 3.91. The van der Waals surface area contributed by atoms with E-state index < -0.39 is 0 Å². The van der Waals surface area contributed by atoms with Crippen molar-refractivity contribution >= 4 is 46.1 Å². The SMILES string of the molecule is CN(C)C1CCCC1N(C(=S)CCCl)c1ccc(Cl)cc1. The summed E-state index contributed by atoms with van der Waals surface area (Å²) in [5.74, 6) is 0.558. The average Bonchev–Trinajstić information content (AvgIpc) is 2.91. The minimum Gasteiger partial charge on any atom is -0.331 e. The normalized spacial score (nSPS) is 21.8. The Morgan fingerprint density at radius 3 is 2.38 bits per heavy atom. The van der Waals surface area contributed by atoms with Crippen LogP contribution in [0.3, 0.4) is 0 Å². The van der Waals surface area contributed by atoms with Crippen LogP contribution in [0.25, 0.3) is 0 Å². The molecule has 21 heavy (non-hydrogen) atoms. The summed E-state index contributed by atoms with van der Waals surface area (Å²) in [4.78, 5) is 5.53. The van der Waals surface area contributed by atoms with Crippen LogP contribution in [-0.2, 0) is 0 Å². The smallest absolute Gasteiger partial charge is 0.0838 e. The molecule has 5 heteroatoms. The van der Waals surface area contributed by atoms with Gasteiger partial charge in [0, 0.05) is 29.1 Å². The fraction of sp³-hybridized carbons (Fsp3) is 0.562. The molecule has 1 aromatic rings. The van der Waals surface area contributed by atoms with E-state index in [1.54, 1.807) is 0 Å². The highest BCUT2D eigenvalue weighted by Gasteiger charge is 2.35. The predicted octanol–water partition coefficient (Wildman–Crippen LogP) is 4.59. The lowest BCUT2D eigenvalue weighted by Gasteiger charge is -2.37. The zero-order valence-electron chi connectivity index (χ0n) is 12.6. The van der Waals surface area contributed by atoms with E-state index in [4.69, 9.17) is 35.4 Å². The molecule has 0 radical (unpaired) electrons. The van der Waals surface area contributed by atoms with Crippen molar-refractivity contribution in [1.29, 1.82) is 0 Å². The molecule has 0 heterocycles. The molecule has 0 aliphatic heterocycles. The molecule has 0 amide bonds. The minimum absolute atomic E-state index is 0.414. The molecule has 1 fully saturated rings. The van der Waals surface area contributed by atoms with Crippen LogP contribution in [0.2, 0.25) is 5.02 Å². The Morgan fingerprint density at radius 1 is 1.19 bits per heavy atom. The Hall–Kier alpha value is -0.350. The standard InChI is InChI=1S/C16H22Cl2N2S/c1-19(2)14-4-3-5-15(14)20(16(21)10-11-17)13-8-6-12(18)7-9-13/h6-9,14-15H,3-5,10-11H2,1-2H3. The van der Waals surface area contributed by atoms with Crippen molar-refractivity contribution in [2.45, 2.75) is 37.8 Å². The van der Waals surface area contributed by atoms with Gasteiger partial charge >= 0.3 is 0 Å². The summed E-state index contributed by atoms with van der Waals surface area (Å²) in [6.45, 7) is 0. The van der Waals surface area contributed by atoms with Crippen LogP contribution >= 0.6 is 35.4 Å². The molecule has 0 saturated heterocycles. The van der Waals surface area contributed by atoms with Crippen LogP contribution in [0.1, 0.15) is 25.7 Å². The first-order chi connectivity index (χ1) is 10.0. The van der Waals surface area contributed by atoms with Crippen molar-refractivity contribution in [3.05, 3.63) is 29.3 Å². The van der Waals surface area contributed by atoms with Gasteiger partial charge in [-0.05, 0) is 57.6 Å². The molecular weight excluding hydrogens is 323 g/mol. The number of benzene rings is 1. The van der Waals surface area contributed by atoms with E-state index in [0.29, 0.717) is 18.0 Å². The molecule has 1 aliphatic rings. The van der Waals surface area contributed by atoms with Gasteiger partial charge in [-0.1, -0.05) is 23.8 Å². The first-order valence-corrected chi connectivity index (χ1v) is 8.66. The summed E-state index contributed by atoms with van der Waals surface area (Å²) >= 11 is 17.6. The summed E-state index contributed by atoms with van der Waals surface area (Å²) in [6, 6.07) is 8.88. The number of hydrogen-bond acceptors (Lipinski definition) is 2. The molecule has 2 nitrogen and oxygen atoms in total. The maximum absolute atomic E-state index is 6.02. The van der Waals surface area contributed by atoms with Gasteiger partial charge in [0.05, 0.1) is 11.0 Å². The van der Waals surface area contributed by atoms with Gasteiger partial charge in [0.2, 0.25) is 0 Å². The summed E-state index contributed by atoms with van der Waals surface area (Å²) in [6.07, 6.45) is 4.34. The molecular formula is C16H22Cl2N2S. The number of likely N-dealkylation sites (N-methyl/N-ethyl adjacent to an activating group) is 1. The van der Waals surface area contributed by atoms with E-state index >= 15 is 0 Å². The van der Waals surface area contributed by atoms with Gasteiger partial charge in [0.15, 0.2) is 0 Å². The molecule has 0 spiro atoms. The van der Waals surface area contributed by atoms with Crippen molar-refractivity contribution in [3.8, 4) is 0 Å². The Balaban J connectivity index is 2.31. The molecule has 1 aromatic carbocycles. The Labute approximate surface area is 143 Å². The molecule has 116 valence electrons. The third-order valence-corrected chi connectivity index (χ3v) is 4.96. The van der Waals surface area contributed by atoms with E-state index in [-0.39, 0.29) is 0 Å². The highest BCUT2D eigenvalue weighted by molar-refractivity contribution is 7.80. The van der Waals surface area contributed by atoms with Gasteiger partial charge in [-0.25, -0.2) is 0 Å². The van der Waals surface area contributed by atoms with E-state index in [1.807, 2.05) is 24.3 Å². The topological polar surface area (TPSA) is 6.48 Å². The lowest BCUT2D eigenvalue weighted by atomic mass is 10.1. The third-order valence-electron chi connectivity index (χ3n) is 4.12. The highest BCUT2D eigenvalue weighted by Crippen LogP contribution is 2.32. The molecule has 2 rings (SSSR count). The summed E-state index contributed by atoms with van der Waals surface area (Å²) in [7, 11) is 4.29. The third kappa shape index (κ3) is 4.10. The minimum atomic E-state index is 0.414. The van der Waals surface area contributed by atoms with Crippen molar-refractivity contribution < 1.29 is 0 Å². The Kier molecular flexibility index (Phi) is 6.30. The highest BCUT2D eigenvalue weighted by atomic mass is 35.5. The van der Waals surface area contributed by atoms with Gasteiger partial charge in [-0.15, -0.1) is 11.6 Å². The van der Waals surface area contributed by atoms with E-state index in [0.717, 1.165) is 28.5 Å². The van der Waals surface area contributed by atoms with Crippen LogP contribution in [0.5, 0.6) is 0 Å². The lowest BCUT2D eigenvalue weighted by molar-refractivity contribution is 0.277. The number of anilines is 1. The number of rotatable bonds is 5. The van der Waals surface area contributed by atoms with E-state index in [9.17, 15) is 0 Å². The van der Waals surface area contributed by atoms with Crippen molar-refractivity contribution in [1.82, 2.24) is 4.90 Å². The molecule has 0 bridgehead atoms. The van der Waals surface area contributed by atoms with Gasteiger partial charge in [0.1, 0.15) is 0 Å². The zero-order chi connectivity index (χ0) is 15.4. The first kappa shape index (κ1) is 17.0.